The minimum absolute atomic E-state index is 0.147. The third kappa shape index (κ3) is 2.50. The van der Waals surface area contributed by atoms with E-state index >= 15 is 0 Å². The third-order valence-electron chi connectivity index (χ3n) is 4.09. The number of aryl methyl sites for hydroxylation is 2. The molecule has 1 amide bonds. The molecule has 1 aliphatic rings. The lowest BCUT2D eigenvalue weighted by Crippen LogP contribution is -2.57. The lowest BCUT2D eigenvalue weighted by Gasteiger charge is -2.38. The van der Waals surface area contributed by atoms with E-state index in [4.69, 9.17) is 5.73 Å². The van der Waals surface area contributed by atoms with E-state index in [0.29, 0.717) is 6.54 Å². The fraction of sp³-hybridized carbons (Fsp3) is 0.692. The van der Waals surface area contributed by atoms with Gasteiger partial charge in [0, 0.05) is 44.0 Å². The van der Waals surface area contributed by atoms with Crippen LogP contribution >= 0.6 is 0 Å². The van der Waals surface area contributed by atoms with E-state index in [2.05, 4.69) is 29.2 Å². The van der Waals surface area contributed by atoms with Crippen molar-refractivity contribution in [3.05, 3.63) is 17.0 Å². The smallest absolute Gasteiger partial charge is 0.236 e. The summed E-state index contributed by atoms with van der Waals surface area (Å²) in [6.07, 6.45) is 0. The number of nitrogens with two attached hydrogens (primary N) is 1. The average molecular weight is 265 g/mol. The van der Waals surface area contributed by atoms with Gasteiger partial charge in [-0.1, -0.05) is 0 Å². The van der Waals surface area contributed by atoms with Crippen LogP contribution in [0.4, 0.5) is 0 Å². The SMILES string of the molecule is Cc1nn(C)c(C)c1C(C)N1CCNCC1C(N)=O. The predicted molar refractivity (Wildman–Crippen MR) is 73.7 cm³/mol. The van der Waals surface area contributed by atoms with Gasteiger partial charge in [0.2, 0.25) is 5.91 Å². The Morgan fingerprint density at radius 2 is 2.21 bits per heavy atom. The van der Waals surface area contributed by atoms with Crippen LogP contribution in [0.15, 0.2) is 0 Å². The zero-order valence-corrected chi connectivity index (χ0v) is 12.1. The van der Waals surface area contributed by atoms with Gasteiger partial charge >= 0.3 is 0 Å². The molecule has 0 saturated carbocycles. The second kappa shape index (κ2) is 5.30. The van der Waals surface area contributed by atoms with E-state index in [1.165, 1.54) is 5.56 Å². The summed E-state index contributed by atoms with van der Waals surface area (Å²) in [5.41, 5.74) is 8.89. The van der Waals surface area contributed by atoms with Crippen LogP contribution in [0.1, 0.15) is 29.9 Å². The molecule has 1 aliphatic heterocycles. The molecule has 0 spiro atoms. The molecule has 2 unspecified atom stereocenters. The van der Waals surface area contributed by atoms with Gasteiger partial charge < -0.3 is 11.1 Å². The minimum atomic E-state index is -0.266. The molecule has 1 aromatic rings. The predicted octanol–water partition coefficient (Wildman–Crippen LogP) is -0.143. The molecular formula is C13H23N5O. The van der Waals surface area contributed by atoms with Crippen LogP contribution in [0.3, 0.4) is 0 Å². The van der Waals surface area contributed by atoms with E-state index in [-0.39, 0.29) is 18.0 Å². The fourth-order valence-corrected chi connectivity index (χ4v) is 3.01. The van der Waals surface area contributed by atoms with Gasteiger partial charge in [-0.3, -0.25) is 14.4 Å². The molecule has 1 aromatic heterocycles. The number of nitrogens with zero attached hydrogens (tertiary/aromatic N) is 3. The molecular weight excluding hydrogens is 242 g/mol. The molecule has 1 saturated heterocycles. The van der Waals surface area contributed by atoms with Crippen molar-refractivity contribution < 1.29 is 4.79 Å². The highest BCUT2D eigenvalue weighted by molar-refractivity contribution is 5.80. The highest BCUT2D eigenvalue weighted by Gasteiger charge is 2.32. The quantitative estimate of drug-likeness (QED) is 0.797. The zero-order chi connectivity index (χ0) is 14.2. The van der Waals surface area contributed by atoms with E-state index < -0.39 is 0 Å². The number of carbonyl (C=O) groups excluding carboxylic acids is 1. The normalized spacial score (nSPS) is 22.4. The minimum Gasteiger partial charge on any atom is -0.368 e. The Morgan fingerprint density at radius 3 is 2.74 bits per heavy atom. The van der Waals surface area contributed by atoms with Gasteiger partial charge in [-0.2, -0.15) is 5.10 Å². The fourth-order valence-electron chi connectivity index (χ4n) is 3.01. The molecule has 6 nitrogen and oxygen atoms in total. The number of nitrogens with one attached hydrogen (secondary N) is 1. The topological polar surface area (TPSA) is 76.2 Å². The molecule has 106 valence electrons. The van der Waals surface area contributed by atoms with E-state index in [1.807, 2.05) is 18.7 Å². The number of carbonyl (C=O) groups is 1. The van der Waals surface area contributed by atoms with Crippen molar-refractivity contribution in [2.45, 2.75) is 32.9 Å². The summed E-state index contributed by atoms with van der Waals surface area (Å²) in [7, 11) is 1.95. The van der Waals surface area contributed by atoms with Gasteiger partial charge in [-0.25, -0.2) is 0 Å². The van der Waals surface area contributed by atoms with Crippen LogP contribution in [0.2, 0.25) is 0 Å². The summed E-state index contributed by atoms with van der Waals surface area (Å²) < 4.78 is 1.89. The first-order valence-electron chi connectivity index (χ1n) is 6.69. The van der Waals surface area contributed by atoms with Gasteiger partial charge in [0.1, 0.15) is 6.04 Å². The number of rotatable bonds is 3. The molecule has 0 radical (unpaired) electrons. The van der Waals surface area contributed by atoms with Crippen molar-refractivity contribution in [1.29, 1.82) is 0 Å². The monoisotopic (exact) mass is 265 g/mol. The summed E-state index contributed by atoms with van der Waals surface area (Å²) >= 11 is 0. The second-order valence-corrected chi connectivity index (χ2v) is 5.24. The summed E-state index contributed by atoms with van der Waals surface area (Å²) in [5.74, 6) is -0.266. The molecule has 2 atom stereocenters. The van der Waals surface area contributed by atoms with Gasteiger partial charge in [0.05, 0.1) is 5.69 Å². The number of primary amides is 1. The number of amides is 1. The summed E-state index contributed by atoms with van der Waals surface area (Å²) in [6.45, 7) is 8.53. The number of aromatic nitrogens is 2. The van der Waals surface area contributed by atoms with E-state index in [9.17, 15) is 4.79 Å². The van der Waals surface area contributed by atoms with E-state index in [0.717, 1.165) is 24.5 Å². The number of hydrogen-bond donors (Lipinski definition) is 2. The first-order chi connectivity index (χ1) is 8.93. The molecule has 2 heterocycles. The van der Waals surface area contributed by atoms with Crippen LogP contribution in [0.25, 0.3) is 0 Å². The Hall–Kier alpha value is -1.40. The van der Waals surface area contributed by atoms with Crippen LogP contribution in [-0.4, -0.2) is 46.3 Å². The average Bonchev–Trinajstić information content (AvgIpc) is 2.62. The van der Waals surface area contributed by atoms with Gasteiger partial charge in [0.15, 0.2) is 0 Å². The van der Waals surface area contributed by atoms with Gasteiger partial charge in [0.25, 0.3) is 0 Å². The lowest BCUT2D eigenvalue weighted by molar-refractivity contribution is -0.124. The molecule has 0 bridgehead atoms. The molecule has 19 heavy (non-hydrogen) atoms. The molecule has 3 N–H and O–H groups in total. The first kappa shape index (κ1) is 14.0. The van der Waals surface area contributed by atoms with Crippen molar-refractivity contribution in [1.82, 2.24) is 20.0 Å². The molecule has 6 heteroatoms. The van der Waals surface area contributed by atoms with Crippen molar-refractivity contribution in [3.8, 4) is 0 Å². The maximum Gasteiger partial charge on any atom is 0.236 e. The van der Waals surface area contributed by atoms with Gasteiger partial charge in [-0.05, 0) is 20.8 Å². The third-order valence-corrected chi connectivity index (χ3v) is 4.09. The van der Waals surface area contributed by atoms with Crippen molar-refractivity contribution >= 4 is 5.91 Å². The highest BCUT2D eigenvalue weighted by Crippen LogP contribution is 2.28. The largest absolute Gasteiger partial charge is 0.368 e. The molecule has 0 aliphatic carbocycles. The Labute approximate surface area is 113 Å². The summed E-state index contributed by atoms with van der Waals surface area (Å²) in [4.78, 5) is 13.8. The van der Waals surface area contributed by atoms with Crippen LogP contribution in [-0.2, 0) is 11.8 Å². The maximum atomic E-state index is 11.6. The molecule has 0 aromatic carbocycles. The van der Waals surface area contributed by atoms with Crippen LogP contribution in [0, 0.1) is 13.8 Å². The van der Waals surface area contributed by atoms with Crippen LogP contribution in [0.5, 0.6) is 0 Å². The van der Waals surface area contributed by atoms with Crippen molar-refractivity contribution in [2.24, 2.45) is 12.8 Å². The molecule has 2 rings (SSSR count). The zero-order valence-electron chi connectivity index (χ0n) is 12.1. The summed E-state index contributed by atoms with van der Waals surface area (Å²) in [5, 5.41) is 7.68. The molecule has 1 fully saturated rings. The maximum absolute atomic E-state index is 11.6. The lowest BCUT2D eigenvalue weighted by atomic mass is 10.0. The Balaban J connectivity index is 2.31. The first-order valence-corrected chi connectivity index (χ1v) is 6.69. The Bertz CT molecular complexity index is 482. The van der Waals surface area contributed by atoms with Crippen LogP contribution < -0.4 is 11.1 Å². The Kier molecular flexibility index (Phi) is 3.91. The van der Waals surface area contributed by atoms with E-state index in [1.54, 1.807) is 0 Å². The van der Waals surface area contributed by atoms with Crippen molar-refractivity contribution in [2.75, 3.05) is 19.6 Å². The Morgan fingerprint density at radius 1 is 1.53 bits per heavy atom. The standard InChI is InChI=1S/C13H23N5O/c1-8-12(9(2)17(4)16-8)10(3)18-6-5-15-7-11(18)13(14)19/h10-11,15H,5-7H2,1-4H3,(H2,14,19). The summed E-state index contributed by atoms with van der Waals surface area (Å²) in [6, 6.07) is -0.101. The van der Waals surface area contributed by atoms with Crippen molar-refractivity contribution in [3.63, 3.8) is 0 Å². The highest BCUT2D eigenvalue weighted by atomic mass is 16.1. The van der Waals surface area contributed by atoms with Gasteiger partial charge in [-0.15, -0.1) is 0 Å². The number of piperazine rings is 1. The number of hydrogen-bond acceptors (Lipinski definition) is 4. The second-order valence-electron chi connectivity index (χ2n) is 5.24.